The first-order chi connectivity index (χ1) is 29.6. The third kappa shape index (κ3) is 6.64. The number of anilines is 9. The van der Waals surface area contributed by atoms with Crippen molar-refractivity contribution in [2.45, 2.75) is 13.8 Å². The highest BCUT2D eigenvalue weighted by Crippen LogP contribution is 2.51. The van der Waals surface area contributed by atoms with Crippen LogP contribution in [0.3, 0.4) is 0 Å². The molecule has 0 bridgehead atoms. The number of para-hydroxylation sites is 3. The van der Waals surface area contributed by atoms with Crippen molar-refractivity contribution in [3.8, 4) is 0 Å². The van der Waals surface area contributed by atoms with Gasteiger partial charge < -0.3 is 10.2 Å². The van der Waals surface area contributed by atoms with Gasteiger partial charge in [0.15, 0.2) is 0 Å². The number of nitrogens with one attached hydrogen (secondary N) is 1. The molecule has 0 heterocycles. The fraction of sp³-hybridized carbons (Fsp3) is 0.0357. The largest absolute Gasteiger partial charge is 0.352 e. The van der Waals surface area contributed by atoms with E-state index in [1.54, 1.807) is 0 Å². The van der Waals surface area contributed by atoms with Crippen LogP contribution in [0.25, 0.3) is 32.3 Å². The van der Waals surface area contributed by atoms with Gasteiger partial charge in [-0.15, -0.1) is 0 Å². The van der Waals surface area contributed by atoms with E-state index in [1.807, 2.05) is 0 Å². The lowest BCUT2D eigenvalue weighted by atomic mass is 10.0. The number of benzene rings is 10. The van der Waals surface area contributed by atoms with Gasteiger partial charge >= 0.3 is 0 Å². The van der Waals surface area contributed by atoms with Crippen LogP contribution < -0.4 is 20.2 Å². The molecule has 4 heteroatoms. The number of fused-ring (bicyclic) bond motifs is 3. The molecule has 10 aromatic rings. The van der Waals surface area contributed by atoms with Crippen molar-refractivity contribution in [1.29, 1.82) is 0 Å². The Morgan fingerprint density at radius 3 is 1.18 bits per heavy atom. The van der Waals surface area contributed by atoms with Gasteiger partial charge in [0.2, 0.25) is 0 Å². The van der Waals surface area contributed by atoms with Crippen LogP contribution in [0, 0.1) is 13.8 Å². The standard InChI is InChI=1S/C56H44N4/c1-40-20-15-34-50(41(40)2)57-56-54(58(45-27-5-3-6-28-45)46-29-7-4-8-30-46)38-19-39-55(56)60(53-37-18-26-44-23-11-14-33-49(44)53)59(51-35-16-24-42-21-9-12-31-47(42)51)52-36-17-25-43-22-10-13-32-48(43)52/h3-39,57H,1-2H3. The van der Waals surface area contributed by atoms with E-state index < -0.39 is 0 Å². The summed E-state index contributed by atoms with van der Waals surface area (Å²) in [5.74, 6) is 0. The van der Waals surface area contributed by atoms with Gasteiger partial charge in [-0.2, -0.15) is 0 Å². The highest BCUT2D eigenvalue weighted by molar-refractivity contribution is 6.08. The fourth-order valence-corrected chi connectivity index (χ4v) is 8.49. The Kier molecular flexibility index (Phi) is 9.64. The second-order valence-corrected chi connectivity index (χ2v) is 15.2. The number of nitrogens with zero attached hydrogens (tertiary/aromatic N) is 3. The molecule has 0 aliphatic heterocycles. The quantitative estimate of drug-likeness (QED) is 0.140. The van der Waals surface area contributed by atoms with E-state index in [0.29, 0.717) is 0 Å². The van der Waals surface area contributed by atoms with Gasteiger partial charge in [-0.25, -0.2) is 10.0 Å². The summed E-state index contributed by atoms with van der Waals surface area (Å²) in [7, 11) is 0. The molecule has 0 spiro atoms. The number of hydrogen-bond donors (Lipinski definition) is 1. The first-order valence-electron chi connectivity index (χ1n) is 20.5. The summed E-state index contributed by atoms with van der Waals surface area (Å²) < 4.78 is 0. The summed E-state index contributed by atoms with van der Waals surface area (Å²) >= 11 is 0. The van der Waals surface area contributed by atoms with Crippen LogP contribution in [0.2, 0.25) is 0 Å². The molecule has 0 aliphatic carbocycles. The third-order valence-electron chi connectivity index (χ3n) is 11.6. The first kappa shape index (κ1) is 36.5. The zero-order valence-corrected chi connectivity index (χ0v) is 33.7. The molecule has 10 rings (SSSR count). The van der Waals surface area contributed by atoms with Crippen LogP contribution in [-0.2, 0) is 0 Å². The van der Waals surface area contributed by atoms with E-state index in [0.717, 1.165) is 72.7 Å². The lowest BCUT2D eigenvalue weighted by Gasteiger charge is -2.41. The maximum Gasteiger partial charge on any atom is 0.0893 e. The first-order valence-corrected chi connectivity index (χ1v) is 20.5. The summed E-state index contributed by atoms with van der Waals surface area (Å²) in [6, 6.07) is 80.5. The lowest BCUT2D eigenvalue weighted by molar-refractivity contribution is 1.01. The molecular formula is C56H44N4. The fourth-order valence-electron chi connectivity index (χ4n) is 8.49. The Balaban J connectivity index is 1.36. The van der Waals surface area contributed by atoms with Crippen molar-refractivity contribution in [2.75, 3.05) is 20.2 Å². The summed E-state index contributed by atoms with van der Waals surface area (Å²) in [6.45, 7) is 4.38. The highest BCUT2D eigenvalue weighted by atomic mass is 15.6. The Bertz CT molecular complexity index is 2990. The van der Waals surface area contributed by atoms with Crippen molar-refractivity contribution < 1.29 is 0 Å². The Morgan fingerprint density at radius 2 is 0.683 bits per heavy atom. The maximum atomic E-state index is 4.09. The lowest BCUT2D eigenvalue weighted by Crippen LogP contribution is -2.37. The van der Waals surface area contributed by atoms with Crippen LogP contribution in [0.15, 0.2) is 224 Å². The zero-order valence-electron chi connectivity index (χ0n) is 33.7. The molecule has 0 radical (unpaired) electrons. The molecule has 60 heavy (non-hydrogen) atoms. The Morgan fingerprint density at radius 1 is 0.317 bits per heavy atom. The molecule has 0 atom stereocenters. The molecule has 0 fully saturated rings. The number of hydrogen-bond acceptors (Lipinski definition) is 4. The molecule has 0 amide bonds. The predicted molar refractivity (Wildman–Crippen MR) is 256 cm³/mol. The van der Waals surface area contributed by atoms with E-state index in [2.05, 4.69) is 259 Å². The van der Waals surface area contributed by atoms with Gasteiger partial charge in [0.05, 0.1) is 34.1 Å². The van der Waals surface area contributed by atoms with Crippen molar-refractivity contribution in [3.63, 3.8) is 0 Å². The average molecular weight is 773 g/mol. The zero-order chi connectivity index (χ0) is 40.4. The molecule has 0 saturated carbocycles. The van der Waals surface area contributed by atoms with Crippen molar-refractivity contribution in [2.24, 2.45) is 0 Å². The minimum Gasteiger partial charge on any atom is -0.352 e. The third-order valence-corrected chi connectivity index (χ3v) is 11.6. The van der Waals surface area contributed by atoms with Gasteiger partial charge in [0.1, 0.15) is 0 Å². The Hall–Kier alpha value is -7.82. The molecule has 4 nitrogen and oxygen atoms in total. The summed E-state index contributed by atoms with van der Waals surface area (Å²) in [5.41, 5.74) is 11.7. The van der Waals surface area contributed by atoms with Crippen LogP contribution in [0.5, 0.6) is 0 Å². The summed E-state index contributed by atoms with van der Waals surface area (Å²) in [4.78, 5) is 2.36. The molecular weight excluding hydrogens is 729 g/mol. The van der Waals surface area contributed by atoms with E-state index in [-0.39, 0.29) is 0 Å². The van der Waals surface area contributed by atoms with E-state index in [9.17, 15) is 0 Å². The van der Waals surface area contributed by atoms with Crippen LogP contribution >= 0.6 is 0 Å². The van der Waals surface area contributed by atoms with Gasteiger partial charge in [-0.05, 0) is 102 Å². The van der Waals surface area contributed by atoms with Gasteiger partial charge in [-0.3, -0.25) is 0 Å². The number of rotatable bonds is 10. The van der Waals surface area contributed by atoms with E-state index >= 15 is 0 Å². The second kappa shape index (κ2) is 15.8. The molecule has 0 aromatic heterocycles. The van der Waals surface area contributed by atoms with Crippen molar-refractivity contribution in [1.82, 2.24) is 0 Å². The number of aryl methyl sites for hydroxylation is 1. The predicted octanol–water partition coefficient (Wildman–Crippen LogP) is 15.9. The summed E-state index contributed by atoms with van der Waals surface area (Å²) in [6.07, 6.45) is 0. The van der Waals surface area contributed by atoms with Crippen LogP contribution in [0.4, 0.5) is 51.2 Å². The molecule has 0 aliphatic rings. The summed E-state index contributed by atoms with van der Waals surface area (Å²) in [5, 5.41) is 15.9. The molecule has 10 aromatic carbocycles. The van der Waals surface area contributed by atoms with Crippen LogP contribution in [0.1, 0.15) is 11.1 Å². The minimum atomic E-state index is 0.956. The minimum absolute atomic E-state index is 0.956. The highest BCUT2D eigenvalue weighted by Gasteiger charge is 2.30. The van der Waals surface area contributed by atoms with Crippen LogP contribution in [-0.4, -0.2) is 0 Å². The SMILES string of the molecule is Cc1cccc(Nc2c(N(c3ccccc3)c3ccccc3)cccc2N(c2cccc3ccccc23)N(c2cccc3ccccc23)c2cccc3ccccc23)c1C. The van der Waals surface area contributed by atoms with E-state index in [1.165, 1.54) is 21.9 Å². The molecule has 0 saturated heterocycles. The van der Waals surface area contributed by atoms with Crippen molar-refractivity contribution >= 4 is 83.5 Å². The van der Waals surface area contributed by atoms with Crippen molar-refractivity contribution in [3.05, 3.63) is 236 Å². The normalized spacial score (nSPS) is 11.2. The number of hydrazine groups is 1. The molecule has 1 N–H and O–H groups in total. The molecule has 0 unspecified atom stereocenters. The average Bonchev–Trinajstić information content (AvgIpc) is 3.31. The van der Waals surface area contributed by atoms with Gasteiger partial charge in [0, 0.05) is 33.2 Å². The van der Waals surface area contributed by atoms with Gasteiger partial charge in [-0.1, -0.05) is 164 Å². The smallest absolute Gasteiger partial charge is 0.0893 e. The molecule has 288 valence electrons. The monoisotopic (exact) mass is 772 g/mol. The second-order valence-electron chi connectivity index (χ2n) is 15.2. The Labute approximate surface area is 351 Å². The van der Waals surface area contributed by atoms with Gasteiger partial charge in [0.25, 0.3) is 0 Å². The maximum absolute atomic E-state index is 4.09. The van der Waals surface area contributed by atoms with E-state index in [4.69, 9.17) is 0 Å². The topological polar surface area (TPSA) is 21.8 Å².